The quantitative estimate of drug-likeness (QED) is 0.584. The number of aromatic nitrogens is 2. The van der Waals surface area contributed by atoms with Gasteiger partial charge in [-0.2, -0.15) is 5.10 Å². The van der Waals surface area contributed by atoms with Crippen LogP contribution in [0.3, 0.4) is 0 Å². The number of benzene rings is 2. The number of halogens is 2. The number of hydrogen-bond donors (Lipinski definition) is 0. The van der Waals surface area contributed by atoms with Gasteiger partial charge in [0.05, 0.1) is 22.1 Å². The number of rotatable bonds is 2. The molecular formula is C22H20Cl2N4O. The number of likely N-dealkylation sites (N-methyl/N-ethyl adjacent to an activating group) is 1. The van der Waals surface area contributed by atoms with Crippen LogP contribution >= 0.6 is 23.2 Å². The first kappa shape index (κ1) is 18.5. The zero-order chi connectivity index (χ0) is 20.1. The van der Waals surface area contributed by atoms with Crippen molar-refractivity contribution in [3.63, 3.8) is 0 Å². The van der Waals surface area contributed by atoms with Gasteiger partial charge in [0, 0.05) is 36.8 Å². The highest BCUT2D eigenvalue weighted by Gasteiger charge is 2.39. The van der Waals surface area contributed by atoms with Gasteiger partial charge in [0.15, 0.2) is 5.69 Å². The van der Waals surface area contributed by atoms with Gasteiger partial charge in [-0.3, -0.25) is 4.79 Å². The van der Waals surface area contributed by atoms with Gasteiger partial charge in [-0.1, -0.05) is 47.5 Å². The summed E-state index contributed by atoms with van der Waals surface area (Å²) in [4.78, 5) is 17.5. The molecule has 148 valence electrons. The Morgan fingerprint density at radius 2 is 1.83 bits per heavy atom. The van der Waals surface area contributed by atoms with Crippen LogP contribution in [0.1, 0.15) is 23.3 Å². The van der Waals surface area contributed by atoms with Crippen LogP contribution in [-0.2, 0) is 0 Å². The molecule has 2 aliphatic rings. The van der Waals surface area contributed by atoms with Gasteiger partial charge >= 0.3 is 0 Å². The first-order valence-electron chi connectivity index (χ1n) is 9.70. The molecule has 0 N–H and O–H groups in total. The van der Waals surface area contributed by atoms with E-state index in [-0.39, 0.29) is 11.9 Å². The zero-order valence-corrected chi connectivity index (χ0v) is 17.5. The Bertz CT molecular complexity index is 1090. The van der Waals surface area contributed by atoms with Crippen molar-refractivity contribution in [3.05, 3.63) is 64.3 Å². The van der Waals surface area contributed by atoms with Gasteiger partial charge in [0.1, 0.15) is 0 Å². The van der Waals surface area contributed by atoms with E-state index in [2.05, 4.69) is 4.90 Å². The third kappa shape index (κ3) is 3.00. The number of fused-ring (bicyclic) bond motifs is 2. The maximum atomic E-state index is 13.4. The number of hydrogen-bond acceptors (Lipinski definition) is 3. The van der Waals surface area contributed by atoms with Crippen molar-refractivity contribution in [1.82, 2.24) is 14.7 Å². The van der Waals surface area contributed by atoms with E-state index in [0.29, 0.717) is 15.7 Å². The van der Waals surface area contributed by atoms with Gasteiger partial charge in [-0.25, -0.2) is 4.68 Å². The molecular weight excluding hydrogens is 407 g/mol. The molecule has 2 aromatic carbocycles. The minimum absolute atomic E-state index is 0.00660. The van der Waals surface area contributed by atoms with Crippen molar-refractivity contribution in [2.45, 2.75) is 18.9 Å². The molecule has 1 amide bonds. The van der Waals surface area contributed by atoms with Crippen LogP contribution in [0.25, 0.3) is 16.9 Å². The minimum atomic E-state index is -0.00660. The van der Waals surface area contributed by atoms with Gasteiger partial charge in [-0.15, -0.1) is 0 Å². The van der Waals surface area contributed by atoms with Gasteiger partial charge in [0.2, 0.25) is 0 Å². The summed E-state index contributed by atoms with van der Waals surface area (Å²) in [6.45, 7) is 1.57. The molecule has 3 heterocycles. The zero-order valence-electron chi connectivity index (χ0n) is 16.0. The predicted molar refractivity (Wildman–Crippen MR) is 116 cm³/mol. The van der Waals surface area contributed by atoms with Crippen molar-refractivity contribution < 1.29 is 4.79 Å². The van der Waals surface area contributed by atoms with Crippen molar-refractivity contribution in [1.29, 1.82) is 0 Å². The van der Waals surface area contributed by atoms with Crippen LogP contribution in [0.4, 0.5) is 5.69 Å². The lowest BCUT2D eigenvalue weighted by Crippen LogP contribution is -2.39. The number of para-hydroxylation sites is 1. The van der Waals surface area contributed by atoms with E-state index in [1.165, 1.54) is 0 Å². The maximum absolute atomic E-state index is 13.4. The van der Waals surface area contributed by atoms with Crippen LogP contribution in [0.2, 0.25) is 10.0 Å². The van der Waals surface area contributed by atoms with Gasteiger partial charge in [0.25, 0.3) is 5.91 Å². The molecule has 3 aromatic rings. The van der Waals surface area contributed by atoms with E-state index in [9.17, 15) is 4.79 Å². The van der Waals surface area contributed by atoms with Crippen molar-refractivity contribution in [2.24, 2.45) is 0 Å². The Morgan fingerprint density at radius 1 is 1.07 bits per heavy atom. The third-order valence-corrected chi connectivity index (χ3v) is 6.34. The SMILES string of the molecule is CN1CC2CCCN2C(=O)c2nn(-c3ccccc3Cl)c(-c3ccc(Cl)cc3)c21. The standard InChI is InChI=1S/C22H20Cl2N4O/c1-26-13-16-5-4-12-27(16)22(29)19-21(26)20(14-8-10-15(23)11-9-14)28(25-19)18-7-3-2-6-17(18)24/h2-3,6-11,16H,4-5,12-13H2,1H3. The van der Waals surface area contributed by atoms with E-state index < -0.39 is 0 Å². The highest BCUT2D eigenvalue weighted by atomic mass is 35.5. The van der Waals surface area contributed by atoms with Gasteiger partial charge in [-0.05, 0) is 37.1 Å². The first-order chi connectivity index (χ1) is 14.0. The normalized spacial score (nSPS) is 18.6. The molecule has 2 aliphatic heterocycles. The summed E-state index contributed by atoms with van der Waals surface area (Å²) in [6.07, 6.45) is 2.07. The molecule has 1 aromatic heterocycles. The Kier molecular flexibility index (Phi) is 4.52. The Hall–Kier alpha value is -2.50. The summed E-state index contributed by atoms with van der Waals surface area (Å²) in [6, 6.07) is 15.4. The lowest BCUT2D eigenvalue weighted by Gasteiger charge is -2.25. The van der Waals surface area contributed by atoms with E-state index >= 15 is 0 Å². The summed E-state index contributed by atoms with van der Waals surface area (Å²) < 4.78 is 1.79. The fourth-order valence-corrected chi connectivity index (χ4v) is 4.76. The summed E-state index contributed by atoms with van der Waals surface area (Å²) in [7, 11) is 2.03. The van der Waals surface area contributed by atoms with Crippen LogP contribution < -0.4 is 4.90 Å². The number of amides is 1. The molecule has 0 radical (unpaired) electrons. The minimum Gasteiger partial charge on any atom is -0.369 e. The number of carbonyl (C=O) groups is 1. The van der Waals surface area contributed by atoms with Crippen LogP contribution in [0, 0.1) is 0 Å². The second kappa shape index (κ2) is 7.08. The van der Waals surface area contributed by atoms with E-state index in [1.807, 2.05) is 60.5 Å². The Balaban J connectivity index is 1.79. The molecule has 1 saturated heterocycles. The summed E-state index contributed by atoms with van der Waals surface area (Å²) in [5.41, 5.74) is 3.84. The molecule has 29 heavy (non-hydrogen) atoms. The topological polar surface area (TPSA) is 41.4 Å². The smallest absolute Gasteiger partial charge is 0.276 e. The van der Waals surface area contributed by atoms with Crippen molar-refractivity contribution in [3.8, 4) is 16.9 Å². The second-order valence-electron chi connectivity index (χ2n) is 7.59. The summed E-state index contributed by atoms with van der Waals surface area (Å²) in [5.74, 6) is -0.00660. The summed E-state index contributed by atoms with van der Waals surface area (Å²) in [5, 5.41) is 6.04. The van der Waals surface area contributed by atoms with E-state index in [4.69, 9.17) is 28.3 Å². The highest BCUT2D eigenvalue weighted by molar-refractivity contribution is 6.32. The molecule has 1 unspecified atom stereocenters. The average Bonchev–Trinajstić information content (AvgIpc) is 3.31. The molecule has 0 aliphatic carbocycles. The van der Waals surface area contributed by atoms with Crippen LogP contribution in [0.5, 0.6) is 0 Å². The highest BCUT2D eigenvalue weighted by Crippen LogP contribution is 2.40. The predicted octanol–water partition coefficient (Wildman–Crippen LogP) is 4.90. The van der Waals surface area contributed by atoms with Crippen molar-refractivity contribution in [2.75, 3.05) is 25.0 Å². The fraction of sp³-hybridized carbons (Fsp3) is 0.273. The molecule has 0 spiro atoms. The molecule has 7 heteroatoms. The maximum Gasteiger partial charge on any atom is 0.276 e. The first-order valence-corrected chi connectivity index (χ1v) is 10.5. The summed E-state index contributed by atoms with van der Waals surface area (Å²) >= 11 is 12.6. The number of nitrogens with zero attached hydrogens (tertiary/aromatic N) is 4. The Morgan fingerprint density at radius 3 is 2.59 bits per heavy atom. The molecule has 1 atom stereocenters. The molecule has 0 saturated carbocycles. The molecule has 5 nitrogen and oxygen atoms in total. The van der Waals surface area contributed by atoms with Crippen LogP contribution in [0.15, 0.2) is 48.5 Å². The average molecular weight is 427 g/mol. The Labute approximate surface area is 179 Å². The third-order valence-electron chi connectivity index (χ3n) is 5.77. The van der Waals surface area contributed by atoms with E-state index in [1.54, 1.807) is 4.68 Å². The van der Waals surface area contributed by atoms with Crippen LogP contribution in [-0.4, -0.2) is 46.8 Å². The second-order valence-corrected chi connectivity index (χ2v) is 8.43. The lowest BCUT2D eigenvalue weighted by atomic mass is 10.1. The lowest BCUT2D eigenvalue weighted by molar-refractivity contribution is 0.0742. The molecule has 5 rings (SSSR count). The number of anilines is 1. The fourth-order valence-electron chi connectivity index (χ4n) is 4.42. The van der Waals surface area contributed by atoms with Gasteiger partial charge < -0.3 is 9.80 Å². The van der Waals surface area contributed by atoms with E-state index in [0.717, 1.165) is 48.6 Å². The largest absolute Gasteiger partial charge is 0.369 e. The molecule has 1 fully saturated rings. The number of carbonyl (C=O) groups excluding carboxylic acids is 1. The monoisotopic (exact) mass is 426 g/mol. The van der Waals surface area contributed by atoms with Crippen molar-refractivity contribution >= 4 is 34.8 Å². The molecule has 0 bridgehead atoms.